The third-order valence-electron chi connectivity index (χ3n) is 5.49. The molecule has 0 saturated carbocycles. The van der Waals surface area contributed by atoms with Gasteiger partial charge in [0.25, 0.3) is 11.5 Å². The Morgan fingerprint density at radius 1 is 1.04 bits per heavy atom. The van der Waals surface area contributed by atoms with Crippen molar-refractivity contribution in [3.8, 4) is 0 Å². The van der Waals surface area contributed by atoms with E-state index in [2.05, 4.69) is 5.32 Å². The van der Waals surface area contributed by atoms with Crippen molar-refractivity contribution in [1.29, 1.82) is 0 Å². The summed E-state index contributed by atoms with van der Waals surface area (Å²) in [5.41, 5.74) is 2.59. The molecule has 1 atom stereocenters. The lowest BCUT2D eigenvalue weighted by Crippen LogP contribution is -2.32. The zero-order chi connectivity index (χ0) is 19.4. The molecule has 5 aromatic rings. The molecule has 1 amide bonds. The molecule has 0 saturated heterocycles. The van der Waals surface area contributed by atoms with Gasteiger partial charge in [0.15, 0.2) is 0 Å². The van der Waals surface area contributed by atoms with E-state index in [-0.39, 0.29) is 17.5 Å². The van der Waals surface area contributed by atoms with Crippen molar-refractivity contribution in [3.63, 3.8) is 0 Å². The van der Waals surface area contributed by atoms with Gasteiger partial charge in [0.1, 0.15) is 5.69 Å². The number of nitrogens with zero attached hydrogens (tertiary/aromatic N) is 2. The van der Waals surface area contributed by atoms with Gasteiger partial charge in [-0.15, -0.1) is 0 Å². The third-order valence-corrected chi connectivity index (χ3v) is 5.49. The first-order valence-electron chi connectivity index (χ1n) is 9.49. The minimum Gasteiger partial charge on any atom is -0.348 e. The fraction of sp³-hybridized carbons (Fsp3) is 0.174. The number of benzene rings is 2. The van der Waals surface area contributed by atoms with E-state index < -0.39 is 0 Å². The van der Waals surface area contributed by atoms with Crippen LogP contribution in [0.4, 0.5) is 0 Å². The van der Waals surface area contributed by atoms with E-state index >= 15 is 0 Å². The van der Waals surface area contributed by atoms with Gasteiger partial charge in [-0.25, -0.2) is 4.98 Å². The van der Waals surface area contributed by atoms with E-state index in [0.29, 0.717) is 16.6 Å². The molecule has 3 aromatic heterocycles. The molecule has 1 N–H and O–H groups in total. The van der Waals surface area contributed by atoms with Crippen LogP contribution < -0.4 is 10.9 Å². The lowest BCUT2D eigenvalue weighted by atomic mass is 10.1. The Kier molecular flexibility index (Phi) is 3.59. The topological polar surface area (TPSA) is 63.5 Å². The van der Waals surface area contributed by atoms with Crippen LogP contribution in [0, 0.1) is 0 Å². The van der Waals surface area contributed by atoms with E-state index in [9.17, 15) is 9.59 Å². The number of rotatable bonds is 3. The third kappa shape index (κ3) is 2.22. The maximum atomic E-state index is 13.2. The highest BCUT2D eigenvalue weighted by molar-refractivity contribution is 6.20. The van der Waals surface area contributed by atoms with Crippen LogP contribution in [-0.2, 0) is 0 Å². The molecule has 3 heterocycles. The molecule has 0 spiro atoms. The Labute approximate surface area is 161 Å². The zero-order valence-electron chi connectivity index (χ0n) is 15.7. The number of nitrogens with one attached hydrogen (secondary N) is 1. The highest BCUT2D eigenvalue weighted by Crippen LogP contribution is 2.33. The Bertz CT molecular complexity index is 1430. The molecule has 5 nitrogen and oxygen atoms in total. The molecule has 28 heavy (non-hydrogen) atoms. The summed E-state index contributed by atoms with van der Waals surface area (Å²) < 4.78 is 1.73. The summed E-state index contributed by atoms with van der Waals surface area (Å²) >= 11 is 0. The lowest BCUT2D eigenvalue weighted by Gasteiger charge is -2.12. The van der Waals surface area contributed by atoms with E-state index in [0.717, 1.165) is 33.6 Å². The molecule has 0 aliphatic heterocycles. The molecule has 5 rings (SSSR count). The highest BCUT2D eigenvalue weighted by Gasteiger charge is 2.21. The standard InChI is InChI=1S/C23H19N3O2/c1-3-13(2)24-22(27)18-12-17-14-8-6-7-11-19(14)26-21(17)20(25-18)15-9-4-5-10-16(15)23(26)28/h4-13H,3H2,1-2H3,(H,24,27)/t13-/m1/s1. The molecular formula is C23H19N3O2. The predicted octanol–water partition coefficient (Wildman–Crippen LogP) is 4.12. The van der Waals surface area contributed by atoms with Crippen molar-refractivity contribution in [2.24, 2.45) is 0 Å². The largest absolute Gasteiger partial charge is 0.348 e. The Balaban J connectivity index is 1.97. The number of para-hydroxylation sites is 1. The molecular weight excluding hydrogens is 350 g/mol. The van der Waals surface area contributed by atoms with Crippen molar-refractivity contribution in [2.75, 3.05) is 0 Å². The summed E-state index contributed by atoms with van der Waals surface area (Å²) in [6.45, 7) is 4.00. The number of fused-ring (bicyclic) bond motifs is 5. The number of pyridine rings is 2. The van der Waals surface area contributed by atoms with Gasteiger partial charge in [-0.05, 0) is 31.5 Å². The Morgan fingerprint density at radius 3 is 2.46 bits per heavy atom. The van der Waals surface area contributed by atoms with Crippen molar-refractivity contribution >= 4 is 44.0 Å². The van der Waals surface area contributed by atoms with Crippen LogP contribution in [-0.4, -0.2) is 21.3 Å². The van der Waals surface area contributed by atoms with Gasteiger partial charge in [0.2, 0.25) is 0 Å². The van der Waals surface area contributed by atoms with E-state index in [1.54, 1.807) is 10.5 Å². The molecule has 0 radical (unpaired) electrons. The first kappa shape index (κ1) is 16.7. The normalized spacial score (nSPS) is 12.9. The van der Waals surface area contributed by atoms with Gasteiger partial charge in [0, 0.05) is 27.6 Å². The van der Waals surface area contributed by atoms with Crippen molar-refractivity contribution in [3.05, 3.63) is 70.6 Å². The van der Waals surface area contributed by atoms with Crippen LogP contribution >= 0.6 is 0 Å². The Morgan fingerprint density at radius 2 is 1.71 bits per heavy atom. The van der Waals surface area contributed by atoms with Gasteiger partial charge >= 0.3 is 0 Å². The molecule has 0 unspecified atom stereocenters. The molecule has 0 bridgehead atoms. The van der Waals surface area contributed by atoms with Crippen LogP contribution in [0.1, 0.15) is 30.8 Å². The summed E-state index contributed by atoms with van der Waals surface area (Å²) in [6.07, 6.45) is 0.845. The minimum absolute atomic E-state index is 0.0621. The van der Waals surface area contributed by atoms with Crippen LogP contribution in [0.2, 0.25) is 0 Å². The van der Waals surface area contributed by atoms with Crippen LogP contribution in [0.5, 0.6) is 0 Å². The minimum atomic E-state index is -0.196. The molecule has 0 aliphatic rings. The molecule has 0 aliphatic carbocycles. The fourth-order valence-electron chi connectivity index (χ4n) is 3.90. The number of carbonyl (C=O) groups excluding carboxylic acids is 1. The maximum Gasteiger partial charge on any atom is 0.270 e. The Hall–Kier alpha value is -3.47. The summed E-state index contributed by atoms with van der Waals surface area (Å²) in [5, 5.41) is 6.18. The van der Waals surface area contributed by atoms with Gasteiger partial charge in [-0.2, -0.15) is 0 Å². The predicted molar refractivity (Wildman–Crippen MR) is 112 cm³/mol. The summed E-state index contributed by atoms with van der Waals surface area (Å²) in [6, 6.07) is 17.1. The second-order valence-corrected chi connectivity index (χ2v) is 7.24. The monoisotopic (exact) mass is 369 g/mol. The van der Waals surface area contributed by atoms with Crippen molar-refractivity contribution in [2.45, 2.75) is 26.3 Å². The van der Waals surface area contributed by atoms with Crippen molar-refractivity contribution in [1.82, 2.24) is 14.7 Å². The number of hydrogen-bond donors (Lipinski definition) is 1. The van der Waals surface area contributed by atoms with Gasteiger partial charge in [-0.1, -0.05) is 43.3 Å². The number of hydrogen-bond acceptors (Lipinski definition) is 3. The second kappa shape index (κ2) is 6.02. The van der Waals surface area contributed by atoms with Crippen LogP contribution in [0.15, 0.2) is 59.4 Å². The SMILES string of the molecule is CC[C@@H](C)NC(=O)c1cc2c3ccccc3n3c(=O)c4ccccc4c(n1)c23. The fourth-order valence-corrected chi connectivity index (χ4v) is 3.90. The van der Waals surface area contributed by atoms with Crippen LogP contribution in [0.3, 0.4) is 0 Å². The summed E-state index contributed by atoms with van der Waals surface area (Å²) in [5.74, 6) is -0.196. The molecule has 0 fully saturated rings. The summed E-state index contributed by atoms with van der Waals surface area (Å²) in [7, 11) is 0. The lowest BCUT2D eigenvalue weighted by molar-refractivity contribution is 0.0934. The number of carbonyl (C=O) groups is 1. The smallest absolute Gasteiger partial charge is 0.270 e. The maximum absolute atomic E-state index is 13.2. The van der Waals surface area contributed by atoms with E-state index in [1.165, 1.54) is 0 Å². The summed E-state index contributed by atoms with van der Waals surface area (Å²) in [4.78, 5) is 30.7. The number of amides is 1. The zero-order valence-corrected chi connectivity index (χ0v) is 15.7. The highest BCUT2D eigenvalue weighted by atomic mass is 16.2. The van der Waals surface area contributed by atoms with Crippen LogP contribution in [0.25, 0.3) is 38.1 Å². The average Bonchev–Trinajstić information content (AvgIpc) is 3.06. The van der Waals surface area contributed by atoms with Gasteiger partial charge in [0.05, 0.1) is 16.6 Å². The van der Waals surface area contributed by atoms with Crippen molar-refractivity contribution < 1.29 is 4.79 Å². The van der Waals surface area contributed by atoms with E-state index in [4.69, 9.17) is 4.98 Å². The first-order valence-corrected chi connectivity index (χ1v) is 9.49. The molecule has 5 heteroatoms. The van der Waals surface area contributed by atoms with Gasteiger partial charge < -0.3 is 5.32 Å². The average molecular weight is 369 g/mol. The number of aromatic nitrogens is 2. The molecule has 138 valence electrons. The van der Waals surface area contributed by atoms with Gasteiger partial charge in [-0.3, -0.25) is 14.0 Å². The first-order chi connectivity index (χ1) is 13.6. The molecule has 2 aromatic carbocycles. The second-order valence-electron chi connectivity index (χ2n) is 7.24. The quantitative estimate of drug-likeness (QED) is 0.487. The van der Waals surface area contributed by atoms with E-state index in [1.807, 2.05) is 62.4 Å².